The maximum Gasteiger partial charge on any atom is 0.269 e. The van der Waals surface area contributed by atoms with Crippen molar-refractivity contribution in [3.63, 3.8) is 0 Å². The van der Waals surface area contributed by atoms with Crippen LogP contribution in [0.5, 0.6) is 0 Å². The third-order valence-corrected chi connectivity index (χ3v) is 4.91. The first-order chi connectivity index (χ1) is 16.3. The Bertz CT molecular complexity index is 1180. The number of nitrogens with one attached hydrogen (secondary N) is 2. The van der Waals surface area contributed by atoms with Gasteiger partial charge < -0.3 is 15.5 Å². The van der Waals surface area contributed by atoms with Gasteiger partial charge in [-0.05, 0) is 42.3 Å². The van der Waals surface area contributed by atoms with Crippen molar-refractivity contribution in [2.75, 3.05) is 18.4 Å². The highest BCUT2D eigenvalue weighted by atomic mass is 16.6. The van der Waals surface area contributed by atoms with E-state index in [1.165, 1.54) is 29.2 Å². The number of benzene rings is 3. The molecule has 0 atom stereocenters. The van der Waals surface area contributed by atoms with E-state index < -0.39 is 22.6 Å². The van der Waals surface area contributed by atoms with E-state index in [0.29, 0.717) is 5.69 Å². The highest BCUT2D eigenvalue weighted by Crippen LogP contribution is 2.15. The standard InChI is InChI=1S/C25H24N4O5/c1-18-6-5-9-21(14-18)27-23(30)15-26-24(31)17-28(16-19-7-3-2-4-8-19)25(32)20-10-12-22(13-11-20)29(33)34/h2-14H,15-17H2,1H3,(H,26,31)(H,27,30). The summed E-state index contributed by atoms with van der Waals surface area (Å²) >= 11 is 0. The molecule has 2 N–H and O–H groups in total. The minimum absolute atomic E-state index is 0.136. The van der Waals surface area contributed by atoms with Crippen molar-refractivity contribution in [1.29, 1.82) is 0 Å². The van der Waals surface area contributed by atoms with Gasteiger partial charge in [-0.15, -0.1) is 0 Å². The largest absolute Gasteiger partial charge is 0.345 e. The summed E-state index contributed by atoms with van der Waals surface area (Å²) in [5, 5.41) is 16.1. The molecule has 0 saturated carbocycles. The first-order valence-electron chi connectivity index (χ1n) is 10.5. The summed E-state index contributed by atoms with van der Waals surface area (Å²) in [6, 6.07) is 21.6. The van der Waals surface area contributed by atoms with Crippen molar-refractivity contribution in [3.05, 3.63) is 106 Å². The molecule has 9 heteroatoms. The van der Waals surface area contributed by atoms with Gasteiger partial charge in [-0.1, -0.05) is 42.5 Å². The molecule has 0 aromatic heterocycles. The minimum atomic E-state index is -0.550. The Morgan fingerprint density at radius 1 is 0.912 bits per heavy atom. The van der Waals surface area contributed by atoms with Crippen LogP contribution in [0, 0.1) is 17.0 Å². The summed E-state index contributed by atoms with van der Waals surface area (Å²) in [5.74, 6) is -1.36. The van der Waals surface area contributed by atoms with Crippen LogP contribution in [0.1, 0.15) is 21.5 Å². The monoisotopic (exact) mass is 460 g/mol. The molecule has 3 amide bonds. The van der Waals surface area contributed by atoms with E-state index in [1.807, 2.05) is 55.5 Å². The molecule has 0 bridgehead atoms. The molecular formula is C25H24N4O5. The molecule has 0 heterocycles. The van der Waals surface area contributed by atoms with Crippen LogP contribution in [0.15, 0.2) is 78.9 Å². The molecule has 0 unspecified atom stereocenters. The van der Waals surface area contributed by atoms with Crippen LogP contribution >= 0.6 is 0 Å². The van der Waals surface area contributed by atoms with Crippen LogP contribution < -0.4 is 10.6 Å². The molecule has 0 fully saturated rings. The lowest BCUT2D eigenvalue weighted by Gasteiger charge is -2.22. The van der Waals surface area contributed by atoms with E-state index >= 15 is 0 Å². The van der Waals surface area contributed by atoms with Crippen molar-refractivity contribution in [1.82, 2.24) is 10.2 Å². The van der Waals surface area contributed by atoms with Crippen LogP contribution in [0.3, 0.4) is 0 Å². The van der Waals surface area contributed by atoms with E-state index in [-0.39, 0.29) is 30.9 Å². The zero-order chi connectivity index (χ0) is 24.5. The van der Waals surface area contributed by atoms with Crippen LogP contribution in [0.25, 0.3) is 0 Å². The maximum atomic E-state index is 13.1. The van der Waals surface area contributed by atoms with E-state index in [2.05, 4.69) is 10.6 Å². The molecule has 3 aromatic carbocycles. The summed E-state index contributed by atoms with van der Waals surface area (Å²) < 4.78 is 0. The van der Waals surface area contributed by atoms with Gasteiger partial charge >= 0.3 is 0 Å². The van der Waals surface area contributed by atoms with Crippen molar-refractivity contribution in [3.8, 4) is 0 Å². The summed E-state index contributed by atoms with van der Waals surface area (Å²) in [6.45, 7) is 1.51. The smallest absolute Gasteiger partial charge is 0.269 e. The molecule has 34 heavy (non-hydrogen) atoms. The first kappa shape index (κ1) is 24.1. The lowest BCUT2D eigenvalue weighted by Crippen LogP contribution is -2.42. The molecule has 3 rings (SSSR count). The number of nitro benzene ring substituents is 1. The molecule has 3 aromatic rings. The fraction of sp³-hybridized carbons (Fsp3) is 0.160. The van der Waals surface area contributed by atoms with Crippen molar-refractivity contribution < 1.29 is 19.3 Å². The average molecular weight is 460 g/mol. The normalized spacial score (nSPS) is 10.3. The number of non-ortho nitro benzene ring substituents is 1. The predicted molar refractivity (Wildman–Crippen MR) is 127 cm³/mol. The number of amides is 3. The van der Waals surface area contributed by atoms with Gasteiger partial charge in [-0.2, -0.15) is 0 Å². The topological polar surface area (TPSA) is 122 Å². The van der Waals surface area contributed by atoms with Gasteiger partial charge in [-0.25, -0.2) is 0 Å². The first-order valence-corrected chi connectivity index (χ1v) is 10.5. The van der Waals surface area contributed by atoms with Gasteiger partial charge in [0, 0.05) is 29.9 Å². The Kier molecular flexibility index (Phi) is 8.07. The van der Waals surface area contributed by atoms with Gasteiger partial charge in [0.2, 0.25) is 11.8 Å². The summed E-state index contributed by atoms with van der Waals surface area (Å²) in [6.07, 6.45) is 0. The fourth-order valence-electron chi connectivity index (χ4n) is 3.25. The number of nitro groups is 1. The number of aryl methyl sites for hydroxylation is 1. The van der Waals surface area contributed by atoms with Gasteiger partial charge in [0.1, 0.15) is 6.54 Å². The molecule has 0 saturated heterocycles. The lowest BCUT2D eigenvalue weighted by atomic mass is 10.1. The highest BCUT2D eigenvalue weighted by molar-refractivity contribution is 5.98. The summed E-state index contributed by atoms with van der Waals surface area (Å²) in [5.41, 5.74) is 2.50. The molecule has 174 valence electrons. The minimum Gasteiger partial charge on any atom is -0.345 e. The molecule has 9 nitrogen and oxygen atoms in total. The number of hydrogen-bond acceptors (Lipinski definition) is 5. The molecule has 0 spiro atoms. The van der Waals surface area contributed by atoms with E-state index in [1.54, 1.807) is 6.07 Å². The summed E-state index contributed by atoms with van der Waals surface area (Å²) in [4.78, 5) is 49.5. The van der Waals surface area contributed by atoms with Crippen molar-refractivity contribution in [2.24, 2.45) is 0 Å². The molecule has 0 radical (unpaired) electrons. The van der Waals surface area contributed by atoms with E-state index in [0.717, 1.165) is 11.1 Å². The average Bonchev–Trinajstić information content (AvgIpc) is 2.82. The molecule has 0 aliphatic rings. The van der Waals surface area contributed by atoms with Gasteiger partial charge in [0.25, 0.3) is 11.6 Å². The van der Waals surface area contributed by atoms with Crippen molar-refractivity contribution in [2.45, 2.75) is 13.5 Å². The Balaban J connectivity index is 1.65. The second kappa shape index (κ2) is 11.4. The predicted octanol–water partition coefficient (Wildman–Crippen LogP) is 3.30. The Morgan fingerprint density at radius 3 is 2.26 bits per heavy atom. The maximum absolute atomic E-state index is 13.1. The second-order valence-electron chi connectivity index (χ2n) is 7.65. The third-order valence-electron chi connectivity index (χ3n) is 4.91. The second-order valence-corrected chi connectivity index (χ2v) is 7.65. The van der Waals surface area contributed by atoms with Crippen LogP contribution in [-0.2, 0) is 16.1 Å². The number of carbonyl (C=O) groups excluding carboxylic acids is 3. The van der Waals surface area contributed by atoms with Crippen LogP contribution in [0.4, 0.5) is 11.4 Å². The van der Waals surface area contributed by atoms with E-state index in [4.69, 9.17) is 0 Å². The third kappa shape index (κ3) is 6.99. The van der Waals surface area contributed by atoms with Crippen molar-refractivity contribution >= 4 is 29.1 Å². The zero-order valence-electron chi connectivity index (χ0n) is 18.6. The number of rotatable bonds is 9. The van der Waals surface area contributed by atoms with Crippen LogP contribution in [-0.4, -0.2) is 40.6 Å². The quantitative estimate of drug-likeness (QED) is 0.375. The Morgan fingerprint density at radius 2 is 1.62 bits per heavy atom. The Labute approximate surface area is 196 Å². The zero-order valence-corrected chi connectivity index (χ0v) is 18.6. The number of nitrogens with zero attached hydrogens (tertiary/aromatic N) is 2. The van der Waals surface area contributed by atoms with Gasteiger partial charge in [0.05, 0.1) is 11.5 Å². The SMILES string of the molecule is Cc1cccc(NC(=O)CNC(=O)CN(Cc2ccccc2)C(=O)c2ccc([N+](=O)[O-])cc2)c1. The number of anilines is 1. The number of carbonyl (C=O) groups is 3. The molecular weight excluding hydrogens is 436 g/mol. The Hall–Kier alpha value is -4.53. The number of hydrogen-bond donors (Lipinski definition) is 2. The van der Waals surface area contributed by atoms with E-state index in [9.17, 15) is 24.5 Å². The summed E-state index contributed by atoms with van der Waals surface area (Å²) in [7, 11) is 0. The fourth-order valence-corrected chi connectivity index (χ4v) is 3.25. The molecule has 0 aliphatic carbocycles. The lowest BCUT2D eigenvalue weighted by molar-refractivity contribution is -0.384. The van der Waals surface area contributed by atoms with Gasteiger partial charge in [0.15, 0.2) is 0 Å². The van der Waals surface area contributed by atoms with Crippen LogP contribution in [0.2, 0.25) is 0 Å². The highest BCUT2D eigenvalue weighted by Gasteiger charge is 2.20. The van der Waals surface area contributed by atoms with Gasteiger partial charge in [-0.3, -0.25) is 24.5 Å². The molecule has 0 aliphatic heterocycles.